The zero-order chi connectivity index (χ0) is 9.80. The van der Waals surface area contributed by atoms with E-state index in [1.807, 2.05) is 36.4 Å². The molecule has 0 saturated carbocycles. The number of ether oxygens (including phenoxy) is 1. The quantitative estimate of drug-likeness (QED) is 0.651. The van der Waals surface area contributed by atoms with Crippen LogP contribution in [0, 0.1) is 0 Å². The summed E-state index contributed by atoms with van der Waals surface area (Å²) in [5.74, 6) is 1.66. The highest BCUT2D eigenvalue weighted by atomic mass is 16.5. The Bertz CT molecular complexity index is 399. The van der Waals surface area contributed by atoms with Crippen molar-refractivity contribution >= 4 is 13.3 Å². The van der Waals surface area contributed by atoms with Crippen molar-refractivity contribution in [2.24, 2.45) is 0 Å². The van der Waals surface area contributed by atoms with Crippen molar-refractivity contribution in [1.29, 1.82) is 0 Å². The predicted molar refractivity (Wildman–Crippen MR) is 58.9 cm³/mol. The van der Waals surface area contributed by atoms with E-state index < -0.39 is 0 Å². The molecule has 0 radical (unpaired) electrons. The Balaban J connectivity index is 2.16. The summed E-state index contributed by atoms with van der Waals surface area (Å²) in [7, 11) is 2.05. The minimum atomic E-state index is 0.809. The summed E-state index contributed by atoms with van der Waals surface area (Å²) in [6.45, 7) is 0. The molecule has 1 heterocycles. The van der Waals surface area contributed by atoms with Gasteiger partial charge in [-0.2, -0.15) is 0 Å². The summed E-state index contributed by atoms with van der Waals surface area (Å²) in [6, 6.07) is 11.6. The number of nitrogens with zero attached hydrogens (tertiary/aromatic N) is 1. The van der Waals surface area contributed by atoms with Gasteiger partial charge in [0.05, 0.1) is 0 Å². The molecular weight excluding hydrogens is 173 g/mol. The molecule has 14 heavy (non-hydrogen) atoms. The maximum absolute atomic E-state index is 5.59. The second-order valence-electron chi connectivity index (χ2n) is 3.10. The van der Waals surface area contributed by atoms with Crippen molar-refractivity contribution in [3.8, 4) is 11.5 Å². The Morgan fingerprint density at radius 2 is 1.43 bits per heavy atom. The first-order chi connectivity index (χ1) is 6.84. The van der Waals surface area contributed by atoms with Gasteiger partial charge in [-0.05, 0) is 24.3 Å². The molecule has 0 aliphatic rings. The normalized spacial score (nSPS) is 9.71. The molecule has 2 nitrogen and oxygen atoms in total. The first kappa shape index (κ1) is 8.82. The highest BCUT2D eigenvalue weighted by Gasteiger charge is 1.94. The van der Waals surface area contributed by atoms with Crippen LogP contribution in [0.4, 0.5) is 0 Å². The second-order valence-corrected chi connectivity index (χ2v) is 3.10. The number of aromatic nitrogens is 1. The van der Waals surface area contributed by atoms with Crippen molar-refractivity contribution in [1.82, 2.24) is 4.98 Å². The van der Waals surface area contributed by atoms with E-state index in [2.05, 4.69) is 12.8 Å². The fraction of sp³-hybridized carbons (Fsp3) is 0. The Kier molecular flexibility index (Phi) is 2.50. The summed E-state index contributed by atoms with van der Waals surface area (Å²) < 4.78 is 5.59. The van der Waals surface area contributed by atoms with Crippen LogP contribution in [0.5, 0.6) is 11.5 Å². The van der Waals surface area contributed by atoms with Crippen molar-refractivity contribution in [3.05, 3.63) is 48.8 Å². The minimum Gasteiger partial charge on any atom is -0.457 e. The summed E-state index contributed by atoms with van der Waals surface area (Å²) >= 11 is 0. The Morgan fingerprint density at radius 3 is 2.07 bits per heavy atom. The van der Waals surface area contributed by atoms with Gasteiger partial charge in [0.1, 0.15) is 19.3 Å². The lowest BCUT2D eigenvalue weighted by Crippen LogP contribution is -1.99. The molecule has 0 amide bonds. The van der Waals surface area contributed by atoms with E-state index in [4.69, 9.17) is 4.74 Å². The van der Waals surface area contributed by atoms with Gasteiger partial charge < -0.3 is 4.74 Å². The van der Waals surface area contributed by atoms with Crippen LogP contribution < -0.4 is 10.2 Å². The molecule has 0 fully saturated rings. The third kappa shape index (κ3) is 2.13. The average molecular weight is 183 g/mol. The SMILES string of the molecule is Bc1ccc(Oc2ccncc2)cc1. The number of hydrogen-bond acceptors (Lipinski definition) is 2. The smallest absolute Gasteiger partial charge is 0.139 e. The molecule has 0 spiro atoms. The lowest BCUT2D eigenvalue weighted by atomic mass is 9.97. The van der Waals surface area contributed by atoms with Crippen LogP contribution in [0.3, 0.4) is 0 Å². The van der Waals surface area contributed by atoms with E-state index in [1.165, 1.54) is 5.46 Å². The fourth-order valence-corrected chi connectivity index (χ4v) is 1.15. The molecule has 2 aromatic rings. The molecule has 68 valence electrons. The van der Waals surface area contributed by atoms with Crippen LogP contribution in [-0.4, -0.2) is 12.8 Å². The highest BCUT2D eigenvalue weighted by Crippen LogP contribution is 2.18. The van der Waals surface area contributed by atoms with Gasteiger partial charge in [0, 0.05) is 12.4 Å². The van der Waals surface area contributed by atoms with Crippen LogP contribution in [0.1, 0.15) is 0 Å². The van der Waals surface area contributed by atoms with Gasteiger partial charge in [-0.3, -0.25) is 4.98 Å². The molecule has 0 unspecified atom stereocenters. The van der Waals surface area contributed by atoms with E-state index in [0.29, 0.717) is 0 Å². The van der Waals surface area contributed by atoms with Gasteiger partial charge in [0.25, 0.3) is 0 Å². The van der Waals surface area contributed by atoms with E-state index in [9.17, 15) is 0 Å². The van der Waals surface area contributed by atoms with Gasteiger partial charge in [0.2, 0.25) is 0 Å². The Morgan fingerprint density at radius 1 is 0.857 bits per heavy atom. The van der Waals surface area contributed by atoms with E-state index >= 15 is 0 Å². The molecule has 0 aliphatic heterocycles. The first-order valence-corrected chi connectivity index (χ1v) is 4.49. The second kappa shape index (κ2) is 3.96. The number of hydrogen-bond donors (Lipinski definition) is 0. The fourth-order valence-electron chi connectivity index (χ4n) is 1.15. The third-order valence-electron chi connectivity index (χ3n) is 1.91. The number of rotatable bonds is 2. The predicted octanol–water partition coefficient (Wildman–Crippen LogP) is 1.13. The molecule has 0 bridgehead atoms. The topological polar surface area (TPSA) is 22.1 Å². The molecule has 0 aliphatic carbocycles. The maximum Gasteiger partial charge on any atom is 0.139 e. The van der Waals surface area contributed by atoms with Crippen molar-refractivity contribution in [3.63, 3.8) is 0 Å². The largest absolute Gasteiger partial charge is 0.457 e. The van der Waals surface area contributed by atoms with Crippen molar-refractivity contribution in [2.75, 3.05) is 0 Å². The van der Waals surface area contributed by atoms with Crippen LogP contribution in [0.25, 0.3) is 0 Å². The lowest BCUT2D eigenvalue weighted by molar-refractivity contribution is 0.482. The summed E-state index contributed by atoms with van der Waals surface area (Å²) in [5.41, 5.74) is 1.23. The van der Waals surface area contributed by atoms with E-state index in [0.717, 1.165) is 11.5 Å². The van der Waals surface area contributed by atoms with Crippen molar-refractivity contribution in [2.45, 2.75) is 0 Å². The van der Waals surface area contributed by atoms with Gasteiger partial charge in [-0.1, -0.05) is 17.6 Å². The Hall–Kier alpha value is -1.77. The zero-order valence-corrected chi connectivity index (χ0v) is 7.97. The van der Waals surface area contributed by atoms with Crippen LogP contribution >= 0.6 is 0 Å². The van der Waals surface area contributed by atoms with Crippen LogP contribution in [0.2, 0.25) is 0 Å². The molecule has 2 rings (SSSR count). The first-order valence-electron chi connectivity index (χ1n) is 4.49. The molecule has 1 aromatic carbocycles. The van der Waals surface area contributed by atoms with Gasteiger partial charge in [-0.15, -0.1) is 0 Å². The van der Waals surface area contributed by atoms with Crippen LogP contribution in [-0.2, 0) is 0 Å². The molecular formula is C11H10BNO. The van der Waals surface area contributed by atoms with Crippen LogP contribution in [0.15, 0.2) is 48.8 Å². The summed E-state index contributed by atoms with van der Waals surface area (Å²) in [4.78, 5) is 3.92. The summed E-state index contributed by atoms with van der Waals surface area (Å²) in [5, 5.41) is 0. The molecule has 1 aromatic heterocycles. The number of benzene rings is 1. The summed E-state index contributed by atoms with van der Waals surface area (Å²) in [6.07, 6.45) is 3.42. The highest BCUT2D eigenvalue weighted by molar-refractivity contribution is 6.32. The van der Waals surface area contributed by atoms with Gasteiger partial charge in [0.15, 0.2) is 0 Å². The minimum absolute atomic E-state index is 0.809. The van der Waals surface area contributed by atoms with Gasteiger partial charge >= 0.3 is 0 Å². The molecule has 3 heteroatoms. The lowest BCUT2D eigenvalue weighted by Gasteiger charge is -2.04. The number of pyridine rings is 1. The van der Waals surface area contributed by atoms with Gasteiger partial charge in [-0.25, -0.2) is 0 Å². The molecule has 0 N–H and O–H groups in total. The monoisotopic (exact) mass is 183 g/mol. The average Bonchev–Trinajstić information content (AvgIpc) is 2.23. The molecule has 0 atom stereocenters. The van der Waals surface area contributed by atoms with E-state index in [-0.39, 0.29) is 0 Å². The maximum atomic E-state index is 5.59. The van der Waals surface area contributed by atoms with Crippen molar-refractivity contribution < 1.29 is 4.74 Å². The van der Waals surface area contributed by atoms with E-state index in [1.54, 1.807) is 12.4 Å². The Labute approximate surface area is 84.0 Å². The zero-order valence-electron chi connectivity index (χ0n) is 7.97. The molecule has 0 saturated heterocycles. The standard InChI is InChI=1S/C11H10BNO/c12-9-1-3-10(4-2-9)14-11-5-7-13-8-6-11/h1-8H,12H2. The third-order valence-corrected chi connectivity index (χ3v) is 1.91.